The maximum absolute atomic E-state index is 14.1. The molecule has 3 aromatic rings. The van der Waals surface area contributed by atoms with Gasteiger partial charge in [-0.1, -0.05) is 74.0 Å². The Morgan fingerprint density at radius 3 is 2.08 bits per heavy atom. The highest BCUT2D eigenvalue weighted by atomic mass is 32.2. The van der Waals surface area contributed by atoms with Crippen LogP contribution in [0.2, 0.25) is 0 Å². The fourth-order valence-corrected chi connectivity index (χ4v) is 5.96. The Balaban J connectivity index is 2.06. The molecular weight excluding hydrogens is 522 g/mol. The first kappa shape index (κ1) is 30.9. The predicted molar refractivity (Wildman–Crippen MR) is 160 cm³/mol. The molecule has 214 valence electrons. The number of sulfonamides is 1. The number of aryl methyl sites for hydroxylation is 2. The molecule has 7 nitrogen and oxygen atoms in total. The van der Waals surface area contributed by atoms with Crippen LogP contribution >= 0.6 is 0 Å². The predicted octanol–water partition coefficient (Wildman–Crippen LogP) is 5.47. The molecule has 0 spiro atoms. The van der Waals surface area contributed by atoms with Gasteiger partial charge in [0, 0.05) is 12.1 Å². The van der Waals surface area contributed by atoms with Gasteiger partial charge in [-0.25, -0.2) is 8.42 Å². The number of amides is 2. The summed E-state index contributed by atoms with van der Waals surface area (Å²) in [5.41, 5.74) is 2.84. The molecule has 2 amide bonds. The molecule has 0 saturated heterocycles. The average molecular weight is 564 g/mol. The SMILES string of the molecule is CCc1ccc(N(CC(=O)N(Cc2cccc(C)c2)[C@@H](CC)C(=O)NC(C)(C)C)S(=O)(=O)c2ccccc2)cc1. The lowest BCUT2D eigenvalue weighted by Gasteiger charge is -2.35. The molecule has 40 heavy (non-hydrogen) atoms. The van der Waals surface area contributed by atoms with Gasteiger partial charge in [0.25, 0.3) is 10.0 Å². The quantitative estimate of drug-likeness (QED) is 0.335. The van der Waals surface area contributed by atoms with E-state index >= 15 is 0 Å². The van der Waals surface area contributed by atoms with Gasteiger partial charge >= 0.3 is 0 Å². The van der Waals surface area contributed by atoms with Crippen LogP contribution in [0.5, 0.6) is 0 Å². The summed E-state index contributed by atoms with van der Waals surface area (Å²) < 4.78 is 28.9. The first-order valence-electron chi connectivity index (χ1n) is 13.7. The van der Waals surface area contributed by atoms with E-state index in [1.54, 1.807) is 30.3 Å². The van der Waals surface area contributed by atoms with Crippen molar-refractivity contribution in [3.05, 3.63) is 95.6 Å². The standard InChI is InChI=1S/C32H41N3O4S/c1-7-25-17-19-27(20-18-25)35(40(38,39)28-15-10-9-11-16-28)23-30(36)34(22-26-14-12-13-24(3)21-26)29(8-2)31(37)33-32(4,5)6/h9-21,29H,7-8,22-23H2,1-6H3,(H,33,37)/t29-/m0/s1. The summed E-state index contributed by atoms with van der Waals surface area (Å²) in [5, 5.41) is 2.99. The third-order valence-electron chi connectivity index (χ3n) is 6.56. The second-order valence-electron chi connectivity index (χ2n) is 11.0. The molecule has 3 aromatic carbocycles. The van der Waals surface area contributed by atoms with Crippen molar-refractivity contribution < 1.29 is 18.0 Å². The Kier molecular flexibility index (Phi) is 10.1. The zero-order chi connectivity index (χ0) is 29.5. The highest BCUT2D eigenvalue weighted by molar-refractivity contribution is 7.92. The van der Waals surface area contributed by atoms with Crippen LogP contribution in [0.4, 0.5) is 5.69 Å². The molecule has 1 N–H and O–H groups in total. The molecule has 0 unspecified atom stereocenters. The Hall–Kier alpha value is -3.65. The number of hydrogen-bond donors (Lipinski definition) is 1. The van der Waals surface area contributed by atoms with Crippen molar-refractivity contribution in [3.63, 3.8) is 0 Å². The van der Waals surface area contributed by atoms with E-state index in [1.165, 1.54) is 17.0 Å². The van der Waals surface area contributed by atoms with E-state index in [1.807, 2.05) is 77.9 Å². The van der Waals surface area contributed by atoms with Gasteiger partial charge in [0.1, 0.15) is 12.6 Å². The largest absolute Gasteiger partial charge is 0.350 e. The summed E-state index contributed by atoms with van der Waals surface area (Å²) in [6.07, 6.45) is 1.17. The van der Waals surface area contributed by atoms with Gasteiger partial charge in [-0.05, 0) is 75.9 Å². The van der Waals surface area contributed by atoms with Crippen LogP contribution in [0.25, 0.3) is 0 Å². The van der Waals surface area contributed by atoms with Crippen LogP contribution in [0.1, 0.15) is 57.7 Å². The molecule has 0 heterocycles. The number of anilines is 1. The summed E-state index contributed by atoms with van der Waals surface area (Å²) in [5.74, 6) is -0.739. The summed E-state index contributed by atoms with van der Waals surface area (Å²) in [6, 6.07) is 22.2. The molecule has 0 bridgehead atoms. The third-order valence-corrected chi connectivity index (χ3v) is 8.35. The highest BCUT2D eigenvalue weighted by Gasteiger charge is 2.34. The molecule has 0 radical (unpaired) electrons. The average Bonchev–Trinajstić information content (AvgIpc) is 2.91. The smallest absolute Gasteiger partial charge is 0.264 e. The number of nitrogens with one attached hydrogen (secondary N) is 1. The maximum Gasteiger partial charge on any atom is 0.264 e. The third kappa shape index (κ3) is 7.94. The lowest BCUT2D eigenvalue weighted by molar-refractivity contribution is -0.141. The number of rotatable bonds is 11. The van der Waals surface area contributed by atoms with Crippen molar-refractivity contribution in [2.24, 2.45) is 0 Å². The molecular formula is C32H41N3O4S. The van der Waals surface area contributed by atoms with Crippen molar-refractivity contribution in [1.29, 1.82) is 0 Å². The molecule has 0 saturated carbocycles. The number of carbonyl (C=O) groups is 2. The van der Waals surface area contributed by atoms with Gasteiger partial charge in [-0.3, -0.25) is 13.9 Å². The normalized spacial score (nSPS) is 12.4. The maximum atomic E-state index is 14.1. The Bertz CT molecular complexity index is 1400. The summed E-state index contributed by atoms with van der Waals surface area (Å²) >= 11 is 0. The molecule has 0 aliphatic carbocycles. The minimum atomic E-state index is -4.08. The Labute approximate surface area is 239 Å². The topological polar surface area (TPSA) is 86.8 Å². The van der Waals surface area contributed by atoms with Gasteiger partial charge in [0.2, 0.25) is 11.8 Å². The van der Waals surface area contributed by atoms with E-state index in [-0.39, 0.29) is 17.3 Å². The number of benzene rings is 3. The molecule has 3 rings (SSSR count). The van der Waals surface area contributed by atoms with E-state index < -0.39 is 34.1 Å². The van der Waals surface area contributed by atoms with Crippen molar-refractivity contribution in [2.45, 2.75) is 77.4 Å². The van der Waals surface area contributed by atoms with Crippen LogP contribution in [0, 0.1) is 6.92 Å². The molecule has 0 aromatic heterocycles. The fourth-order valence-electron chi connectivity index (χ4n) is 4.53. The Morgan fingerprint density at radius 2 is 1.52 bits per heavy atom. The van der Waals surface area contributed by atoms with Crippen molar-refractivity contribution >= 4 is 27.5 Å². The monoisotopic (exact) mass is 563 g/mol. The fraction of sp³-hybridized carbons (Fsp3) is 0.375. The number of carbonyl (C=O) groups excluding carboxylic acids is 2. The highest BCUT2D eigenvalue weighted by Crippen LogP contribution is 2.25. The summed E-state index contributed by atoms with van der Waals surface area (Å²) in [7, 11) is -4.08. The lowest BCUT2D eigenvalue weighted by atomic mass is 10.0. The van der Waals surface area contributed by atoms with E-state index in [2.05, 4.69) is 5.32 Å². The van der Waals surface area contributed by atoms with Gasteiger partial charge in [0.05, 0.1) is 10.6 Å². The molecule has 0 aliphatic heterocycles. The second-order valence-corrected chi connectivity index (χ2v) is 12.9. The summed E-state index contributed by atoms with van der Waals surface area (Å²) in [4.78, 5) is 29.1. The van der Waals surface area contributed by atoms with Gasteiger partial charge in [-0.15, -0.1) is 0 Å². The minimum Gasteiger partial charge on any atom is -0.350 e. The zero-order valence-corrected chi connectivity index (χ0v) is 25.2. The first-order valence-corrected chi connectivity index (χ1v) is 15.1. The second kappa shape index (κ2) is 13.1. The number of nitrogens with zero attached hydrogens (tertiary/aromatic N) is 2. The van der Waals surface area contributed by atoms with Crippen molar-refractivity contribution in [3.8, 4) is 0 Å². The van der Waals surface area contributed by atoms with Crippen LogP contribution in [0.3, 0.4) is 0 Å². The Morgan fingerprint density at radius 1 is 0.875 bits per heavy atom. The van der Waals surface area contributed by atoms with Crippen molar-refractivity contribution in [1.82, 2.24) is 10.2 Å². The van der Waals surface area contributed by atoms with E-state index in [0.717, 1.165) is 27.4 Å². The van der Waals surface area contributed by atoms with Gasteiger partial charge < -0.3 is 10.2 Å². The van der Waals surface area contributed by atoms with E-state index in [0.29, 0.717) is 12.1 Å². The lowest BCUT2D eigenvalue weighted by Crippen LogP contribution is -2.55. The van der Waals surface area contributed by atoms with E-state index in [9.17, 15) is 18.0 Å². The zero-order valence-electron chi connectivity index (χ0n) is 24.3. The van der Waals surface area contributed by atoms with Crippen LogP contribution in [-0.2, 0) is 32.6 Å². The van der Waals surface area contributed by atoms with Crippen LogP contribution in [-0.4, -0.2) is 43.3 Å². The first-order chi connectivity index (χ1) is 18.9. The molecule has 0 aliphatic rings. The molecule has 1 atom stereocenters. The minimum absolute atomic E-state index is 0.0881. The van der Waals surface area contributed by atoms with Gasteiger partial charge in [-0.2, -0.15) is 0 Å². The van der Waals surface area contributed by atoms with Gasteiger partial charge in [0.15, 0.2) is 0 Å². The van der Waals surface area contributed by atoms with E-state index in [4.69, 9.17) is 0 Å². The van der Waals surface area contributed by atoms with Crippen molar-refractivity contribution in [2.75, 3.05) is 10.8 Å². The van der Waals surface area contributed by atoms with Crippen LogP contribution in [0.15, 0.2) is 83.8 Å². The summed E-state index contributed by atoms with van der Waals surface area (Å²) in [6.45, 7) is 11.2. The molecule has 0 fully saturated rings. The van der Waals surface area contributed by atoms with Crippen LogP contribution < -0.4 is 9.62 Å². The molecule has 8 heteroatoms. The number of hydrogen-bond acceptors (Lipinski definition) is 4.